The number of carbonyl (C=O) groups is 1. The molecule has 1 aromatic carbocycles. The molecule has 1 heterocycles. The van der Waals surface area contributed by atoms with Crippen LogP contribution in [0.5, 0.6) is 5.75 Å². The highest BCUT2D eigenvalue weighted by atomic mass is 16.5. The van der Waals surface area contributed by atoms with Gasteiger partial charge in [-0.25, -0.2) is 9.97 Å². The standard InChI is InChI=1S/C14H14N2O2/c1-9-4-5-13(18-3)11(8-9)14(17)12-6-7-15-10(2)16-12/h4-8H,1-3H3. The summed E-state index contributed by atoms with van der Waals surface area (Å²) < 4.78 is 5.21. The molecule has 0 N–H and O–H groups in total. The van der Waals surface area contributed by atoms with Crippen LogP contribution >= 0.6 is 0 Å². The maximum Gasteiger partial charge on any atom is 0.215 e. The number of ether oxygens (including phenoxy) is 1. The average Bonchev–Trinajstić information content (AvgIpc) is 2.38. The molecule has 0 saturated carbocycles. The fourth-order valence-corrected chi connectivity index (χ4v) is 1.72. The first-order valence-corrected chi connectivity index (χ1v) is 5.61. The van der Waals surface area contributed by atoms with E-state index in [0.29, 0.717) is 22.8 Å². The highest BCUT2D eigenvalue weighted by Gasteiger charge is 2.16. The monoisotopic (exact) mass is 242 g/mol. The van der Waals surface area contributed by atoms with Crippen molar-refractivity contribution in [2.75, 3.05) is 7.11 Å². The first-order valence-electron chi connectivity index (χ1n) is 5.61. The van der Waals surface area contributed by atoms with Crippen molar-refractivity contribution in [2.45, 2.75) is 13.8 Å². The largest absolute Gasteiger partial charge is 0.496 e. The van der Waals surface area contributed by atoms with Crippen LogP contribution in [0.4, 0.5) is 0 Å². The van der Waals surface area contributed by atoms with Gasteiger partial charge in [-0.05, 0) is 32.0 Å². The van der Waals surface area contributed by atoms with Gasteiger partial charge in [0.1, 0.15) is 17.3 Å². The molecule has 0 bridgehead atoms. The fraction of sp³-hybridized carbons (Fsp3) is 0.214. The molecule has 0 saturated heterocycles. The summed E-state index contributed by atoms with van der Waals surface area (Å²) in [6.45, 7) is 3.69. The third kappa shape index (κ3) is 2.37. The Hall–Kier alpha value is -2.23. The average molecular weight is 242 g/mol. The summed E-state index contributed by atoms with van der Waals surface area (Å²) in [5, 5.41) is 0. The van der Waals surface area contributed by atoms with Gasteiger partial charge in [0.05, 0.1) is 12.7 Å². The number of nitrogens with zero attached hydrogens (tertiary/aromatic N) is 2. The molecule has 0 unspecified atom stereocenters. The molecule has 0 aliphatic heterocycles. The quantitative estimate of drug-likeness (QED) is 0.775. The Kier molecular flexibility index (Phi) is 3.37. The van der Waals surface area contributed by atoms with Crippen LogP contribution in [0.2, 0.25) is 0 Å². The number of aromatic nitrogens is 2. The van der Waals surface area contributed by atoms with Gasteiger partial charge in [-0.15, -0.1) is 0 Å². The molecule has 0 radical (unpaired) electrons. The Morgan fingerprint density at radius 1 is 1.22 bits per heavy atom. The lowest BCUT2D eigenvalue weighted by molar-refractivity contribution is 0.103. The summed E-state index contributed by atoms with van der Waals surface area (Å²) in [6.07, 6.45) is 1.58. The van der Waals surface area contributed by atoms with Crippen molar-refractivity contribution < 1.29 is 9.53 Å². The van der Waals surface area contributed by atoms with E-state index >= 15 is 0 Å². The SMILES string of the molecule is COc1ccc(C)cc1C(=O)c1ccnc(C)n1. The second-order valence-electron chi connectivity index (χ2n) is 4.02. The number of methoxy groups -OCH3 is 1. The minimum atomic E-state index is -0.152. The topological polar surface area (TPSA) is 52.1 Å². The van der Waals surface area contributed by atoms with Gasteiger partial charge < -0.3 is 4.74 Å². The van der Waals surface area contributed by atoms with E-state index in [1.165, 1.54) is 0 Å². The molecule has 0 amide bonds. The molecular formula is C14H14N2O2. The van der Waals surface area contributed by atoms with Crippen molar-refractivity contribution in [1.82, 2.24) is 9.97 Å². The molecule has 2 rings (SSSR count). The summed E-state index contributed by atoms with van der Waals surface area (Å²) in [5.41, 5.74) is 1.91. The van der Waals surface area contributed by atoms with Gasteiger partial charge in [0, 0.05) is 6.20 Å². The zero-order valence-corrected chi connectivity index (χ0v) is 10.6. The molecule has 0 atom stereocenters. The van der Waals surface area contributed by atoms with Gasteiger partial charge in [0.25, 0.3) is 0 Å². The van der Waals surface area contributed by atoms with E-state index in [1.54, 1.807) is 38.4 Å². The second kappa shape index (κ2) is 4.96. The molecule has 4 nitrogen and oxygen atoms in total. The van der Waals surface area contributed by atoms with Gasteiger partial charge in [-0.2, -0.15) is 0 Å². The van der Waals surface area contributed by atoms with Gasteiger partial charge in [0.15, 0.2) is 0 Å². The van der Waals surface area contributed by atoms with E-state index in [9.17, 15) is 4.79 Å². The minimum absolute atomic E-state index is 0.152. The summed E-state index contributed by atoms with van der Waals surface area (Å²) >= 11 is 0. The molecule has 4 heteroatoms. The van der Waals surface area contributed by atoms with E-state index in [1.807, 2.05) is 13.0 Å². The molecule has 92 valence electrons. The van der Waals surface area contributed by atoms with E-state index in [0.717, 1.165) is 5.56 Å². The van der Waals surface area contributed by atoms with E-state index in [-0.39, 0.29) is 5.78 Å². The highest BCUT2D eigenvalue weighted by Crippen LogP contribution is 2.22. The van der Waals surface area contributed by atoms with Crippen LogP contribution in [0.25, 0.3) is 0 Å². The fourth-order valence-electron chi connectivity index (χ4n) is 1.72. The van der Waals surface area contributed by atoms with Crippen LogP contribution in [0.15, 0.2) is 30.5 Å². The van der Waals surface area contributed by atoms with Gasteiger partial charge in [-0.3, -0.25) is 4.79 Å². The molecule has 0 spiro atoms. The number of aryl methyl sites for hydroxylation is 2. The minimum Gasteiger partial charge on any atom is -0.496 e. The van der Waals surface area contributed by atoms with Gasteiger partial charge in [-0.1, -0.05) is 11.6 Å². The molecule has 18 heavy (non-hydrogen) atoms. The lowest BCUT2D eigenvalue weighted by atomic mass is 10.0. The Balaban J connectivity index is 2.48. The van der Waals surface area contributed by atoms with Crippen molar-refractivity contribution in [1.29, 1.82) is 0 Å². The van der Waals surface area contributed by atoms with Crippen molar-refractivity contribution >= 4 is 5.78 Å². The van der Waals surface area contributed by atoms with Crippen molar-refractivity contribution in [2.24, 2.45) is 0 Å². The maximum atomic E-state index is 12.4. The predicted molar refractivity (Wildman–Crippen MR) is 67.9 cm³/mol. The van der Waals surface area contributed by atoms with Crippen LogP contribution in [-0.2, 0) is 0 Å². The van der Waals surface area contributed by atoms with Crippen molar-refractivity contribution in [3.63, 3.8) is 0 Å². The van der Waals surface area contributed by atoms with E-state index in [4.69, 9.17) is 4.74 Å². The van der Waals surface area contributed by atoms with E-state index < -0.39 is 0 Å². The Labute approximate surface area is 106 Å². The normalized spacial score (nSPS) is 10.2. The summed E-state index contributed by atoms with van der Waals surface area (Å²) in [5.74, 6) is 0.982. The first-order chi connectivity index (χ1) is 8.61. The lowest BCUT2D eigenvalue weighted by Crippen LogP contribution is -2.07. The zero-order valence-electron chi connectivity index (χ0n) is 10.6. The third-order valence-electron chi connectivity index (χ3n) is 2.61. The predicted octanol–water partition coefficient (Wildman–Crippen LogP) is 2.33. The van der Waals surface area contributed by atoms with Crippen LogP contribution in [0.1, 0.15) is 27.4 Å². The van der Waals surface area contributed by atoms with Crippen molar-refractivity contribution in [3.05, 3.63) is 53.1 Å². The zero-order chi connectivity index (χ0) is 13.1. The second-order valence-corrected chi connectivity index (χ2v) is 4.02. The third-order valence-corrected chi connectivity index (χ3v) is 2.61. The smallest absolute Gasteiger partial charge is 0.215 e. The number of ketones is 1. The first kappa shape index (κ1) is 12.2. The summed E-state index contributed by atoms with van der Waals surface area (Å²) in [4.78, 5) is 20.5. The van der Waals surface area contributed by atoms with Crippen LogP contribution in [0.3, 0.4) is 0 Å². The van der Waals surface area contributed by atoms with Gasteiger partial charge in [0.2, 0.25) is 5.78 Å². The Morgan fingerprint density at radius 3 is 2.67 bits per heavy atom. The molecule has 1 aromatic heterocycles. The van der Waals surface area contributed by atoms with Crippen LogP contribution < -0.4 is 4.74 Å². The molecular weight excluding hydrogens is 228 g/mol. The summed E-state index contributed by atoms with van der Waals surface area (Å²) in [7, 11) is 1.55. The van der Waals surface area contributed by atoms with Crippen molar-refractivity contribution in [3.8, 4) is 5.75 Å². The molecule has 0 aliphatic rings. The number of hydrogen-bond acceptors (Lipinski definition) is 4. The Morgan fingerprint density at radius 2 is 2.00 bits per heavy atom. The number of carbonyl (C=O) groups excluding carboxylic acids is 1. The molecule has 0 aliphatic carbocycles. The van der Waals surface area contributed by atoms with Crippen LogP contribution in [-0.4, -0.2) is 22.9 Å². The van der Waals surface area contributed by atoms with Gasteiger partial charge >= 0.3 is 0 Å². The maximum absolute atomic E-state index is 12.4. The molecule has 2 aromatic rings. The highest BCUT2D eigenvalue weighted by molar-refractivity contribution is 6.09. The Bertz CT molecular complexity index is 594. The summed E-state index contributed by atoms with van der Waals surface area (Å²) in [6, 6.07) is 7.10. The van der Waals surface area contributed by atoms with E-state index in [2.05, 4.69) is 9.97 Å². The lowest BCUT2D eigenvalue weighted by Gasteiger charge is -2.08. The number of hydrogen-bond donors (Lipinski definition) is 0. The molecule has 0 fully saturated rings. The van der Waals surface area contributed by atoms with Crippen LogP contribution in [0, 0.1) is 13.8 Å². The number of benzene rings is 1. The number of rotatable bonds is 3.